The van der Waals surface area contributed by atoms with Gasteiger partial charge in [0.25, 0.3) is 0 Å². The van der Waals surface area contributed by atoms with Crippen molar-refractivity contribution in [2.24, 2.45) is 0 Å². The summed E-state index contributed by atoms with van der Waals surface area (Å²) in [4.78, 5) is 4.67. The third-order valence-corrected chi connectivity index (χ3v) is 6.33. The lowest BCUT2D eigenvalue weighted by Crippen LogP contribution is -2.33. The van der Waals surface area contributed by atoms with Crippen LogP contribution in [0.25, 0.3) is 0 Å². The monoisotopic (exact) mass is 674 g/mol. The van der Waals surface area contributed by atoms with Crippen molar-refractivity contribution in [2.45, 2.75) is 79.6 Å². The van der Waals surface area contributed by atoms with Gasteiger partial charge in [0.15, 0.2) is 34.8 Å². The van der Waals surface area contributed by atoms with Gasteiger partial charge in [-0.25, -0.2) is 44.3 Å². The molecule has 2 aromatic carbocycles. The van der Waals surface area contributed by atoms with Crippen LogP contribution in [0.5, 0.6) is 11.5 Å². The first-order valence-corrected chi connectivity index (χ1v) is 13.8. The summed E-state index contributed by atoms with van der Waals surface area (Å²) in [5.74, 6) is -26.5. The van der Waals surface area contributed by atoms with E-state index in [-0.39, 0.29) is 0 Å². The quantitative estimate of drug-likeness (QED) is 0.136. The molecule has 0 bridgehead atoms. The van der Waals surface area contributed by atoms with E-state index in [1.807, 2.05) is 0 Å². The molecular formula is C30H36F10N4O2. The molecule has 0 unspecified atom stereocenters. The minimum atomic E-state index is -2.33. The van der Waals surface area contributed by atoms with Gasteiger partial charge in [0, 0.05) is 24.5 Å². The highest BCUT2D eigenvalue weighted by Gasteiger charge is 2.25. The van der Waals surface area contributed by atoms with Gasteiger partial charge in [-0.05, 0) is 61.1 Å². The molecule has 6 nitrogen and oxygen atoms in total. The molecule has 16 heteroatoms. The average molecular weight is 675 g/mol. The second-order valence-corrected chi connectivity index (χ2v) is 11.0. The van der Waals surface area contributed by atoms with E-state index < -0.39 is 69.7 Å². The maximum atomic E-state index is 12.2. The molecule has 1 N–H and O–H groups in total. The largest absolute Gasteiger partial charge is 0.868 e. The highest BCUT2D eigenvalue weighted by atomic mass is 19.2. The van der Waals surface area contributed by atoms with E-state index in [9.17, 15) is 49.0 Å². The van der Waals surface area contributed by atoms with Gasteiger partial charge in [-0.15, -0.1) is 0 Å². The maximum Gasteiger partial charge on any atom is 0.244 e. The van der Waals surface area contributed by atoms with Crippen LogP contribution in [0.2, 0.25) is 0 Å². The summed E-state index contributed by atoms with van der Waals surface area (Å²) in [5.41, 5.74) is 0. The third kappa shape index (κ3) is 9.94. The van der Waals surface area contributed by atoms with Crippen LogP contribution in [0.15, 0.2) is 31.1 Å². The van der Waals surface area contributed by atoms with Gasteiger partial charge >= 0.3 is 0 Å². The van der Waals surface area contributed by atoms with Crippen molar-refractivity contribution < 1.29 is 58.7 Å². The summed E-state index contributed by atoms with van der Waals surface area (Å²) in [6.45, 7) is 18.7. The number of aromatic nitrogens is 2. The topological polar surface area (TPSA) is 58.6 Å². The summed E-state index contributed by atoms with van der Waals surface area (Å²) in [6, 6.07) is 2.37. The Morgan fingerprint density at radius 1 is 0.587 bits per heavy atom. The molecule has 46 heavy (non-hydrogen) atoms. The fraction of sp³-hybridized carbons (Fsp3) is 0.433. The summed E-state index contributed by atoms with van der Waals surface area (Å²) in [6.07, 6.45) is 10.7. The lowest BCUT2D eigenvalue weighted by Gasteiger charge is -2.26. The van der Waals surface area contributed by atoms with Gasteiger partial charge in [0.2, 0.25) is 35.4 Å². The molecule has 1 aromatic heterocycles. The van der Waals surface area contributed by atoms with Gasteiger partial charge in [-0.3, -0.25) is 0 Å². The highest BCUT2D eigenvalue weighted by molar-refractivity contribution is 5.28. The predicted molar refractivity (Wildman–Crippen MR) is 147 cm³/mol. The number of hydrogen-bond acceptors (Lipinski definition) is 4. The van der Waals surface area contributed by atoms with Crippen molar-refractivity contribution in [3.63, 3.8) is 0 Å². The minimum Gasteiger partial charge on any atom is -0.868 e. The number of imidazole rings is 1. The Bertz CT molecular complexity index is 1180. The van der Waals surface area contributed by atoms with Crippen molar-refractivity contribution >= 4 is 0 Å². The lowest BCUT2D eigenvalue weighted by atomic mass is 10.3. The molecule has 1 aliphatic rings. The van der Waals surface area contributed by atoms with Crippen LogP contribution in [-0.4, -0.2) is 38.2 Å². The molecule has 0 amide bonds. The van der Waals surface area contributed by atoms with Gasteiger partial charge in [0.05, 0.1) is 18.8 Å². The number of rotatable bonds is 4. The molecule has 0 aliphatic carbocycles. The van der Waals surface area contributed by atoms with E-state index in [0.717, 1.165) is 6.67 Å². The Morgan fingerprint density at radius 2 is 0.935 bits per heavy atom. The SMILES string of the molecule is CC(C)N1C=CN(C(C)C)C1.CC(C)n1cc[n+](C(C)C)c1.Oc1c(F)c(F)c(F)c(F)c1F.[O-]c1c(F)c(F)c(F)c(F)c1F. The Balaban J connectivity index is 0.000000307. The zero-order chi connectivity index (χ0) is 35.8. The van der Waals surface area contributed by atoms with E-state index >= 15 is 0 Å². The number of phenols is 1. The molecule has 3 aromatic rings. The van der Waals surface area contributed by atoms with Crippen molar-refractivity contribution in [3.8, 4) is 11.5 Å². The fourth-order valence-corrected chi connectivity index (χ4v) is 3.30. The smallest absolute Gasteiger partial charge is 0.244 e. The molecule has 0 atom stereocenters. The first-order valence-electron chi connectivity index (χ1n) is 13.8. The normalized spacial score (nSPS) is 12.4. The van der Waals surface area contributed by atoms with E-state index in [1.165, 1.54) is 0 Å². The molecule has 1 aliphatic heterocycles. The van der Waals surface area contributed by atoms with Gasteiger partial charge in [0.1, 0.15) is 12.4 Å². The molecule has 0 radical (unpaired) electrons. The fourth-order valence-electron chi connectivity index (χ4n) is 3.30. The standard InChI is InChI=1S/C9H18N2.C9H17N2.2C6HF5O/c2*1-8(2)10-5-6-11(7-10)9(3)4;2*7-1-2(8)4(10)6(12)5(11)3(1)9/h5-6,8-9H,7H2,1-4H3;5-9H,1-4H3;2*12H/q;+1;;/p-1. The van der Waals surface area contributed by atoms with Crippen LogP contribution in [0.1, 0.15) is 67.5 Å². The first-order chi connectivity index (χ1) is 21.1. The van der Waals surface area contributed by atoms with Gasteiger partial charge < -0.3 is 20.0 Å². The summed E-state index contributed by atoms with van der Waals surface area (Å²) in [5, 5.41) is 18.5. The molecule has 0 spiro atoms. The van der Waals surface area contributed by atoms with Gasteiger partial charge in [-0.1, -0.05) is 0 Å². The molecular weight excluding hydrogens is 638 g/mol. The first kappa shape index (κ1) is 39.9. The highest BCUT2D eigenvalue weighted by Crippen LogP contribution is 2.27. The Kier molecular flexibility index (Phi) is 14.7. The summed E-state index contributed by atoms with van der Waals surface area (Å²) in [7, 11) is 0. The third-order valence-electron chi connectivity index (χ3n) is 6.33. The number of nitrogens with zero attached hydrogens (tertiary/aromatic N) is 4. The molecule has 258 valence electrons. The maximum absolute atomic E-state index is 12.2. The second-order valence-electron chi connectivity index (χ2n) is 11.0. The van der Waals surface area contributed by atoms with Crippen molar-refractivity contribution in [2.75, 3.05) is 6.67 Å². The number of aromatic hydroxyl groups is 1. The number of hydrogen-bond donors (Lipinski definition) is 1. The molecule has 2 heterocycles. The zero-order valence-electron chi connectivity index (χ0n) is 26.3. The van der Waals surface area contributed by atoms with Crippen LogP contribution in [-0.2, 0) is 0 Å². The zero-order valence-corrected chi connectivity index (χ0v) is 26.3. The van der Waals surface area contributed by atoms with Crippen molar-refractivity contribution in [1.29, 1.82) is 0 Å². The lowest BCUT2D eigenvalue weighted by molar-refractivity contribution is -0.715. The summed E-state index contributed by atoms with van der Waals surface area (Å²) < 4.78 is 125. The van der Waals surface area contributed by atoms with Crippen molar-refractivity contribution in [1.82, 2.24) is 14.4 Å². The van der Waals surface area contributed by atoms with Crippen LogP contribution in [0.4, 0.5) is 43.9 Å². The number of halogens is 10. The number of phenolic OH excluding ortho intramolecular Hbond substituents is 1. The van der Waals surface area contributed by atoms with Crippen LogP contribution < -0.4 is 9.67 Å². The summed E-state index contributed by atoms with van der Waals surface area (Å²) >= 11 is 0. The van der Waals surface area contributed by atoms with E-state index in [1.54, 1.807) is 0 Å². The van der Waals surface area contributed by atoms with Crippen LogP contribution in [0.3, 0.4) is 0 Å². The van der Waals surface area contributed by atoms with E-state index in [0.29, 0.717) is 24.2 Å². The van der Waals surface area contributed by atoms with Crippen molar-refractivity contribution in [3.05, 3.63) is 89.3 Å². The molecule has 0 fully saturated rings. The Hall–Kier alpha value is -4.11. The van der Waals surface area contributed by atoms with E-state index in [2.05, 4.69) is 105 Å². The van der Waals surface area contributed by atoms with Crippen LogP contribution in [0, 0.1) is 58.2 Å². The second kappa shape index (κ2) is 17.0. The minimum absolute atomic E-state index is 0.565. The number of benzene rings is 2. The van der Waals surface area contributed by atoms with Gasteiger partial charge in [-0.2, -0.15) is 8.78 Å². The molecule has 0 saturated heterocycles. The predicted octanol–water partition coefficient (Wildman–Crippen LogP) is 7.33. The average Bonchev–Trinajstić information content (AvgIpc) is 3.72. The molecule has 4 rings (SSSR count). The molecule has 0 saturated carbocycles. The van der Waals surface area contributed by atoms with Crippen LogP contribution >= 0.6 is 0 Å². The van der Waals surface area contributed by atoms with E-state index in [4.69, 9.17) is 5.11 Å². The Labute approximate surface area is 260 Å². The Morgan fingerprint density at radius 3 is 1.20 bits per heavy atom.